The van der Waals surface area contributed by atoms with Gasteiger partial charge in [-0.25, -0.2) is 0 Å². The highest BCUT2D eigenvalue weighted by Crippen LogP contribution is 2.25. The van der Waals surface area contributed by atoms with Crippen molar-refractivity contribution in [3.8, 4) is 71.0 Å². The summed E-state index contributed by atoms with van der Waals surface area (Å²) in [6.07, 6.45) is 33.4. The van der Waals surface area contributed by atoms with E-state index in [4.69, 9.17) is 0 Å². The predicted molar refractivity (Wildman–Crippen MR) is 388 cm³/mol. The zero-order valence-electron chi connectivity index (χ0n) is 56.5. The molecule has 7 aromatic rings. The minimum atomic E-state index is 0.897. The second kappa shape index (κ2) is 39.8. The predicted octanol–water partition coefficient (Wildman–Crippen LogP) is 22.4. The van der Waals surface area contributed by atoms with Gasteiger partial charge in [0.25, 0.3) is 0 Å². The van der Waals surface area contributed by atoms with Crippen LogP contribution in [-0.4, -0.2) is 0 Å². The smallest absolute Gasteiger partial charge is 0.0284 e. The molecule has 0 N–H and O–H groups in total. The van der Waals surface area contributed by atoms with E-state index in [1.807, 2.05) is 0 Å². The van der Waals surface area contributed by atoms with Crippen molar-refractivity contribution in [1.29, 1.82) is 0 Å². The Kier molecular flexibility index (Phi) is 30.7. The third-order valence-corrected chi connectivity index (χ3v) is 17.5. The van der Waals surface area contributed by atoms with Gasteiger partial charge in [0.1, 0.15) is 0 Å². The monoisotopic (exact) mass is 1180 g/mol. The average Bonchev–Trinajstić information content (AvgIpc) is 3.72. The zero-order valence-corrected chi connectivity index (χ0v) is 56.5. The summed E-state index contributed by atoms with van der Waals surface area (Å²) in [6.45, 7) is 18.0. The lowest BCUT2D eigenvalue weighted by Crippen LogP contribution is -1.99. The molecular formula is C90H102. The zero-order chi connectivity index (χ0) is 63.4. The van der Waals surface area contributed by atoms with Crippen LogP contribution in [0.25, 0.3) is 0 Å². The van der Waals surface area contributed by atoms with Gasteiger partial charge in [-0.05, 0) is 231 Å². The Bertz CT molecular complexity index is 3500. The summed E-state index contributed by atoms with van der Waals surface area (Å²) in [7, 11) is 0. The molecule has 0 unspecified atom stereocenters. The third kappa shape index (κ3) is 23.4. The van der Waals surface area contributed by atoms with Crippen LogP contribution >= 0.6 is 0 Å². The molecule has 0 aliphatic rings. The molecule has 90 heavy (non-hydrogen) atoms. The van der Waals surface area contributed by atoms with Crippen LogP contribution in [0.5, 0.6) is 0 Å². The molecule has 0 fully saturated rings. The molecule has 0 nitrogen and oxygen atoms in total. The van der Waals surface area contributed by atoms with E-state index in [2.05, 4.69) is 260 Å². The Morgan fingerprint density at radius 1 is 0.189 bits per heavy atom. The van der Waals surface area contributed by atoms with Crippen molar-refractivity contribution in [2.45, 2.75) is 235 Å². The van der Waals surface area contributed by atoms with Gasteiger partial charge in [0.05, 0.1) is 0 Å². The van der Waals surface area contributed by atoms with Crippen molar-refractivity contribution in [2.24, 2.45) is 0 Å². The van der Waals surface area contributed by atoms with E-state index in [9.17, 15) is 0 Å². The second-order valence-corrected chi connectivity index (χ2v) is 24.6. The van der Waals surface area contributed by atoms with Gasteiger partial charge in [-0.2, -0.15) is 0 Å². The van der Waals surface area contributed by atoms with Crippen LogP contribution in [0.1, 0.15) is 295 Å². The van der Waals surface area contributed by atoms with Crippen molar-refractivity contribution in [3.05, 3.63) is 245 Å². The van der Waals surface area contributed by atoms with Gasteiger partial charge in [0.2, 0.25) is 0 Å². The molecule has 0 aliphatic heterocycles. The van der Waals surface area contributed by atoms with Crippen LogP contribution in [-0.2, 0) is 51.4 Å². The molecule has 0 saturated carbocycles. The summed E-state index contributed by atoms with van der Waals surface area (Å²) in [5.41, 5.74) is 23.0. The summed E-state index contributed by atoms with van der Waals surface area (Å²) in [4.78, 5) is 0. The van der Waals surface area contributed by atoms with Gasteiger partial charge < -0.3 is 0 Å². The largest absolute Gasteiger partial charge is 0.0654 e. The Hall–Kier alpha value is -8.10. The summed E-state index contributed by atoms with van der Waals surface area (Å²) < 4.78 is 0. The fourth-order valence-corrected chi connectivity index (χ4v) is 11.7. The number of aryl methyl sites for hydroxylation is 8. The van der Waals surface area contributed by atoms with Crippen LogP contribution in [0.15, 0.2) is 133 Å². The maximum Gasteiger partial charge on any atom is 0.0284 e. The number of benzene rings is 7. The summed E-state index contributed by atoms with van der Waals surface area (Å²) in [6, 6.07) is 48.5. The molecule has 0 heteroatoms. The number of unbranched alkanes of at least 4 members (excludes halogenated alkanes) is 16. The van der Waals surface area contributed by atoms with Gasteiger partial charge in [-0.15, -0.1) is 0 Å². The van der Waals surface area contributed by atoms with Crippen LogP contribution in [0.4, 0.5) is 0 Å². The first kappa shape index (κ1) is 69.4. The first-order valence-corrected chi connectivity index (χ1v) is 35.2. The molecule has 7 aromatic carbocycles. The van der Waals surface area contributed by atoms with Crippen molar-refractivity contribution < 1.29 is 0 Å². The SMILES string of the molecule is CCCCCCCCc1ccc(C#Cc2cc(CC)c(C#Cc3ccc(C#Cc4cc(CCCCCC)c(C#Cc5ccc(C#Cc6cc(CC)c(C#Cc7ccc(CCCCCCCC)cc7)cc6CC)cc5)cc4CCCCCC)cc3)cc2CC)cc1. The molecule has 7 rings (SSSR count). The lowest BCUT2D eigenvalue weighted by atomic mass is 9.92. The molecule has 0 radical (unpaired) electrons. The van der Waals surface area contributed by atoms with Crippen molar-refractivity contribution in [3.63, 3.8) is 0 Å². The van der Waals surface area contributed by atoms with Crippen LogP contribution in [0.2, 0.25) is 0 Å². The number of hydrogen-bond donors (Lipinski definition) is 0. The topological polar surface area (TPSA) is 0 Å². The molecule has 0 aliphatic carbocycles. The van der Waals surface area contributed by atoms with Gasteiger partial charge in [-0.1, -0.05) is 253 Å². The molecule has 0 amide bonds. The van der Waals surface area contributed by atoms with Crippen LogP contribution in [0, 0.1) is 71.0 Å². The molecular weight excluding hydrogens is 1080 g/mol. The van der Waals surface area contributed by atoms with Crippen molar-refractivity contribution in [2.75, 3.05) is 0 Å². The molecule has 462 valence electrons. The van der Waals surface area contributed by atoms with Crippen LogP contribution in [0.3, 0.4) is 0 Å². The van der Waals surface area contributed by atoms with Gasteiger partial charge in [0.15, 0.2) is 0 Å². The van der Waals surface area contributed by atoms with Crippen molar-refractivity contribution >= 4 is 0 Å². The van der Waals surface area contributed by atoms with Gasteiger partial charge in [-0.3, -0.25) is 0 Å². The van der Waals surface area contributed by atoms with Gasteiger partial charge >= 0.3 is 0 Å². The summed E-state index contributed by atoms with van der Waals surface area (Å²) in [5, 5.41) is 0. The van der Waals surface area contributed by atoms with E-state index in [1.54, 1.807) is 0 Å². The molecule has 0 bridgehead atoms. The summed E-state index contributed by atoms with van der Waals surface area (Å²) in [5.74, 6) is 42.5. The Morgan fingerprint density at radius 3 is 0.622 bits per heavy atom. The van der Waals surface area contributed by atoms with E-state index in [-0.39, 0.29) is 0 Å². The lowest BCUT2D eigenvalue weighted by molar-refractivity contribution is 0.607. The highest BCUT2D eigenvalue weighted by molar-refractivity contribution is 5.60. The maximum absolute atomic E-state index is 3.67. The van der Waals surface area contributed by atoms with Crippen LogP contribution < -0.4 is 0 Å². The van der Waals surface area contributed by atoms with E-state index in [0.29, 0.717) is 0 Å². The van der Waals surface area contributed by atoms with E-state index < -0.39 is 0 Å². The number of hydrogen-bond acceptors (Lipinski definition) is 0. The Balaban J connectivity index is 1.05. The molecule has 0 spiro atoms. The first-order chi connectivity index (χ1) is 44.3. The van der Waals surface area contributed by atoms with Gasteiger partial charge in [0, 0.05) is 66.8 Å². The molecule has 0 saturated heterocycles. The Labute approximate surface area is 547 Å². The van der Waals surface area contributed by atoms with E-state index >= 15 is 0 Å². The lowest BCUT2D eigenvalue weighted by Gasteiger charge is -2.12. The average molecular weight is 1180 g/mol. The molecule has 0 heterocycles. The minimum absolute atomic E-state index is 0.897. The fraction of sp³-hybridized carbons (Fsp3) is 0.400. The number of rotatable bonds is 28. The van der Waals surface area contributed by atoms with Crippen molar-refractivity contribution in [1.82, 2.24) is 0 Å². The second-order valence-electron chi connectivity index (χ2n) is 24.6. The highest BCUT2D eigenvalue weighted by atomic mass is 14.1. The molecule has 0 atom stereocenters. The summed E-state index contributed by atoms with van der Waals surface area (Å²) >= 11 is 0. The Morgan fingerprint density at radius 2 is 0.378 bits per heavy atom. The normalized spacial score (nSPS) is 10.5. The minimum Gasteiger partial charge on any atom is -0.0654 e. The van der Waals surface area contributed by atoms with E-state index in [0.717, 1.165) is 131 Å². The first-order valence-electron chi connectivity index (χ1n) is 35.2. The standard InChI is InChI=1S/C90H102/c1-9-17-21-25-27-29-33-71-37-41-73(42-38-71)53-59-85-65-81(15-7)87(67-79(85)13-5)61-55-75-45-49-77(50-46-75)57-63-89-69-84(36-32-24-20-12-4)90(70-83(89)35-31-23-19-11-3)64-58-78-51-47-76(48-52-78)56-62-88-68-80(14-6)86(66-82(88)16-8)60-54-74-43-39-72(40-44-74)34-30-28-26-22-18-10-2/h37-52,65-70H,9-36H2,1-8H3. The maximum atomic E-state index is 3.67. The fourth-order valence-electron chi connectivity index (χ4n) is 11.7. The quantitative estimate of drug-likeness (QED) is 0.0339. The van der Waals surface area contributed by atoms with E-state index in [1.165, 1.54) is 160 Å². The highest BCUT2D eigenvalue weighted by Gasteiger charge is 2.11. The molecule has 0 aromatic heterocycles. The third-order valence-electron chi connectivity index (χ3n) is 17.5.